The quantitative estimate of drug-likeness (QED) is 0.145. The second-order valence-electron chi connectivity index (χ2n) is 19.5. The lowest BCUT2D eigenvalue weighted by molar-refractivity contribution is 0.483. The van der Waals surface area contributed by atoms with Gasteiger partial charge in [-0.3, -0.25) is 4.55 Å². The van der Waals surface area contributed by atoms with E-state index < -0.39 is 10.1 Å². The average molecular weight is 743 g/mol. The lowest BCUT2D eigenvalue weighted by Gasteiger charge is -2.29. The zero-order valence-electron chi connectivity index (χ0n) is 33.5. The topological polar surface area (TPSA) is 54.4 Å². The summed E-state index contributed by atoms with van der Waals surface area (Å²) >= 11 is 0. The zero-order valence-corrected chi connectivity index (χ0v) is 35.5. The molecule has 0 spiro atoms. The fourth-order valence-electron chi connectivity index (χ4n) is 8.47. The Morgan fingerprint density at radius 1 is 0.453 bits per heavy atom. The Labute approximate surface area is 320 Å². The van der Waals surface area contributed by atoms with E-state index in [0.717, 1.165) is 11.1 Å². The first-order chi connectivity index (χ1) is 24.4. The molecule has 0 bridgehead atoms. The van der Waals surface area contributed by atoms with E-state index in [0.29, 0.717) is 5.30 Å². The molecule has 5 aromatic carbocycles. The largest absolute Gasteiger partial charge is 0.295 e. The van der Waals surface area contributed by atoms with Crippen LogP contribution in [0.15, 0.2) is 89.8 Å². The summed E-state index contributed by atoms with van der Waals surface area (Å²) in [7, 11) is -1.76. The van der Waals surface area contributed by atoms with E-state index in [4.69, 9.17) is 0 Å². The fraction of sp³-hybridized carbons (Fsp3) is 0.375. The molecular weight excluding hydrogens is 688 g/mol. The molecule has 53 heavy (non-hydrogen) atoms. The van der Waals surface area contributed by atoms with Crippen LogP contribution in [0.25, 0.3) is 22.3 Å². The molecule has 1 N–H and O–H groups in total. The summed E-state index contributed by atoms with van der Waals surface area (Å²) in [6.07, 6.45) is 0. The Kier molecular flexibility index (Phi) is 8.70. The molecule has 2 aliphatic rings. The monoisotopic (exact) mass is 742 g/mol. The molecule has 7 rings (SSSR count). The second-order valence-corrected chi connectivity index (χ2v) is 21.5. The summed E-state index contributed by atoms with van der Waals surface area (Å²) in [5.41, 5.74) is 16.2. The first-order valence-electron chi connectivity index (χ1n) is 18.9. The van der Waals surface area contributed by atoms with Crippen LogP contribution in [0.4, 0.5) is 0 Å². The molecular formula is C48H55O3PS. The third-order valence-electron chi connectivity index (χ3n) is 11.7. The molecule has 0 aromatic heterocycles. The Bertz CT molecular complexity index is 2300. The van der Waals surface area contributed by atoms with Gasteiger partial charge in [0.2, 0.25) is 0 Å². The van der Waals surface area contributed by atoms with E-state index in [9.17, 15) is 13.0 Å². The number of benzene rings is 5. The normalized spacial score (nSPS) is 15.0. The Morgan fingerprint density at radius 3 is 1.04 bits per heavy atom. The molecule has 0 saturated carbocycles. The van der Waals surface area contributed by atoms with Gasteiger partial charge in [-0.2, -0.15) is 8.42 Å². The highest BCUT2D eigenvalue weighted by Crippen LogP contribution is 2.56. The van der Waals surface area contributed by atoms with Crippen LogP contribution in [0.5, 0.6) is 0 Å². The Balaban J connectivity index is 1.63. The van der Waals surface area contributed by atoms with E-state index in [1.54, 1.807) is 6.07 Å². The van der Waals surface area contributed by atoms with Gasteiger partial charge >= 0.3 is 0 Å². The van der Waals surface area contributed by atoms with Gasteiger partial charge in [-0.15, -0.1) is 9.24 Å². The van der Waals surface area contributed by atoms with Crippen molar-refractivity contribution < 1.29 is 13.0 Å². The van der Waals surface area contributed by atoms with Gasteiger partial charge in [0, 0.05) is 11.8 Å². The molecule has 0 aliphatic heterocycles. The van der Waals surface area contributed by atoms with Crippen molar-refractivity contribution in [1.29, 1.82) is 0 Å². The molecule has 0 amide bonds. The number of hydrogen-bond donors (Lipinski definition) is 1. The van der Waals surface area contributed by atoms with Gasteiger partial charge in [0.1, 0.15) is 4.90 Å². The Hall–Kier alpha value is -3.56. The van der Waals surface area contributed by atoms with Crippen molar-refractivity contribution in [2.75, 3.05) is 0 Å². The maximum absolute atomic E-state index is 13.2. The van der Waals surface area contributed by atoms with E-state index in [1.165, 1.54) is 66.8 Å². The highest BCUT2D eigenvalue weighted by molar-refractivity contribution is 7.86. The van der Waals surface area contributed by atoms with Crippen LogP contribution >= 0.6 is 9.24 Å². The molecule has 3 nitrogen and oxygen atoms in total. The summed E-state index contributed by atoms with van der Waals surface area (Å²) in [5.74, 6) is -0.420. The van der Waals surface area contributed by atoms with Crippen LogP contribution in [0.3, 0.4) is 0 Å². The lowest BCUT2D eigenvalue weighted by atomic mass is 9.76. The SMILES string of the molecule is CC(C)(C)c1ccc2c(c1)C(c1ccc(S(=O)(=O)O)c(P)c1C1c3cc(C(C)(C)C)ccc3-c3ccc(C(C)(C)C)cc31)c1cc(C(C)(C)C)ccc1-2. The summed E-state index contributed by atoms with van der Waals surface area (Å²) in [5, 5.41) is 0.519. The van der Waals surface area contributed by atoms with Gasteiger partial charge in [0.25, 0.3) is 10.1 Å². The summed E-state index contributed by atoms with van der Waals surface area (Å²) in [6, 6.07) is 31.1. The fourth-order valence-corrected chi connectivity index (χ4v) is 9.97. The van der Waals surface area contributed by atoms with Gasteiger partial charge in [-0.25, -0.2) is 0 Å². The molecule has 0 saturated heterocycles. The van der Waals surface area contributed by atoms with E-state index in [2.05, 4.69) is 165 Å². The van der Waals surface area contributed by atoms with Crippen LogP contribution < -0.4 is 5.30 Å². The van der Waals surface area contributed by atoms with Gasteiger partial charge in [-0.1, -0.05) is 162 Å². The van der Waals surface area contributed by atoms with Crippen molar-refractivity contribution in [2.24, 2.45) is 0 Å². The smallest absolute Gasteiger partial charge is 0.282 e. The summed E-state index contributed by atoms with van der Waals surface area (Å²) < 4.78 is 37.0. The minimum atomic E-state index is -4.54. The van der Waals surface area contributed by atoms with Crippen LogP contribution in [-0.4, -0.2) is 13.0 Å². The van der Waals surface area contributed by atoms with Crippen molar-refractivity contribution >= 4 is 24.7 Å². The highest BCUT2D eigenvalue weighted by atomic mass is 32.2. The lowest BCUT2D eigenvalue weighted by Crippen LogP contribution is -2.22. The van der Waals surface area contributed by atoms with Crippen molar-refractivity contribution in [1.82, 2.24) is 0 Å². The van der Waals surface area contributed by atoms with E-state index in [1.807, 2.05) is 6.07 Å². The summed E-state index contributed by atoms with van der Waals surface area (Å²) in [6.45, 7) is 26.9. The first-order valence-corrected chi connectivity index (χ1v) is 20.9. The maximum atomic E-state index is 13.2. The molecule has 2 aliphatic carbocycles. The van der Waals surface area contributed by atoms with Gasteiger partial charge in [0.15, 0.2) is 0 Å². The Morgan fingerprint density at radius 2 is 0.755 bits per heavy atom. The second kappa shape index (κ2) is 12.2. The van der Waals surface area contributed by atoms with Crippen molar-refractivity contribution in [3.05, 3.63) is 141 Å². The molecule has 1 atom stereocenters. The van der Waals surface area contributed by atoms with Crippen molar-refractivity contribution in [2.45, 2.75) is 121 Å². The molecule has 1 unspecified atom stereocenters. The molecule has 0 fully saturated rings. The van der Waals surface area contributed by atoms with E-state index in [-0.39, 0.29) is 38.4 Å². The molecule has 0 heterocycles. The number of rotatable bonds is 3. The molecule has 0 radical (unpaired) electrons. The average Bonchev–Trinajstić information content (AvgIpc) is 3.53. The van der Waals surface area contributed by atoms with E-state index >= 15 is 0 Å². The van der Waals surface area contributed by atoms with Gasteiger partial charge < -0.3 is 0 Å². The minimum Gasteiger partial charge on any atom is -0.282 e. The van der Waals surface area contributed by atoms with Gasteiger partial charge in [-0.05, 0) is 111 Å². The standard InChI is InChI=1S/C48H55O3PS/c1-45(2,3)27-13-17-31-32-18-14-28(46(4,5)6)24-37(32)41(36(31)23-27)35-21-22-40(53(49,50)51)44(52)43(35)42-38-25-29(47(7,8)9)15-19-33(38)34-20-16-30(26-39(34)42)48(10,11)12/h13-26,41-42H,52H2,1-12H3,(H,49,50,51). The van der Waals surface area contributed by atoms with Crippen LogP contribution in [-0.2, 0) is 31.8 Å². The molecule has 276 valence electrons. The van der Waals surface area contributed by atoms with Crippen LogP contribution in [0, 0.1) is 0 Å². The molecule has 5 heteroatoms. The number of fused-ring (bicyclic) bond motifs is 6. The predicted octanol–water partition coefficient (Wildman–Crippen LogP) is 11.9. The van der Waals surface area contributed by atoms with Gasteiger partial charge in [0.05, 0.1) is 0 Å². The highest BCUT2D eigenvalue weighted by Gasteiger charge is 2.40. The summed E-state index contributed by atoms with van der Waals surface area (Å²) in [4.78, 5) is -0.0690. The zero-order chi connectivity index (χ0) is 38.8. The van der Waals surface area contributed by atoms with Crippen LogP contribution in [0.1, 0.15) is 151 Å². The molecule has 5 aromatic rings. The van der Waals surface area contributed by atoms with Crippen molar-refractivity contribution in [3.63, 3.8) is 0 Å². The maximum Gasteiger partial charge on any atom is 0.295 e. The predicted molar refractivity (Wildman–Crippen MR) is 226 cm³/mol. The third kappa shape index (κ3) is 6.43. The van der Waals surface area contributed by atoms with Crippen molar-refractivity contribution in [3.8, 4) is 22.3 Å². The van der Waals surface area contributed by atoms with Crippen LogP contribution in [0.2, 0.25) is 0 Å². The third-order valence-corrected chi connectivity index (χ3v) is 13.4. The minimum absolute atomic E-state index is 0.0651. The number of hydrogen-bond acceptors (Lipinski definition) is 2. The first kappa shape index (κ1) is 37.7.